The number of fused-ring (bicyclic) bond motifs is 1. The fourth-order valence-electron chi connectivity index (χ4n) is 3.10. The van der Waals surface area contributed by atoms with Crippen LogP contribution in [0.2, 0.25) is 0 Å². The molecule has 0 unspecified atom stereocenters. The van der Waals surface area contributed by atoms with Crippen molar-refractivity contribution in [2.45, 2.75) is 6.11 Å². The Kier molecular flexibility index (Phi) is 6.09. The second-order valence-corrected chi connectivity index (χ2v) is 6.85. The topological polar surface area (TPSA) is 78.4 Å². The van der Waals surface area contributed by atoms with Crippen LogP contribution in [0.4, 0.5) is 20.3 Å². The monoisotopic (exact) mass is 438 g/mol. The summed E-state index contributed by atoms with van der Waals surface area (Å²) in [6.45, 7) is -0.852. The van der Waals surface area contributed by atoms with E-state index in [4.69, 9.17) is 9.47 Å². The predicted molar refractivity (Wildman–Crippen MR) is 116 cm³/mol. The van der Waals surface area contributed by atoms with Gasteiger partial charge in [-0.05, 0) is 42.5 Å². The Bertz CT molecular complexity index is 1220. The Morgan fingerprint density at radius 2 is 1.84 bits per heavy atom. The summed E-state index contributed by atoms with van der Waals surface area (Å²) < 4.78 is 42.2. The molecule has 32 heavy (non-hydrogen) atoms. The van der Waals surface area contributed by atoms with Crippen LogP contribution in [-0.2, 0) is 4.74 Å². The highest BCUT2D eigenvalue weighted by Crippen LogP contribution is 2.31. The van der Waals surface area contributed by atoms with Crippen molar-refractivity contribution in [3.63, 3.8) is 0 Å². The summed E-state index contributed by atoms with van der Waals surface area (Å²) in [5.41, 5.74) is 1.93. The second-order valence-electron chi connectivity index (χ2n) is 6.85. The van der Waals surface area contributed by atoms with Gasteiger partial charge in [0.15, 0.2) is 5.82 Å². The van der Waals surface area contributed by atoms with Gasteiger partial charge in [-0.15, -0.1) is 0 Å². The quantitative estimate of drug-likeness (QED) is 0.412. The molecule has 2 heterocycles. The fourth-order valence-corrected chi connectivity index (χ4v) is 3.10. The molecule has 7 nitrogen and oxygen atoms in total. The van der Waals surface area contributed by atoms with Crippen LogP contribution in [0.15, 0.2) is 67.0 Å². The molecule has 0 amide bonds. The van der Waals surface area contributed by atoms with E-state index < -0.39 is 12.7 Å². The SMILES string of the molecule is COCC(F)(F)Oc1cccc(Nc2nc(-c3cccnc3)nc3ccc(OC)cc23)c1. The van der Waals surface area contributed by atoms with Crippen LogP contribution in [0, 0.1) is 0 Å². The second kappa shape index (κ2) is 9.11. The lowest BCUT2D eigenvalue weighted by atomic mass is 10.2. The Hall–Kier alpha value is -3.85. The molecule has 0 bridgehead atoms. The molecular formula is C23H20F2N4O3. The third-order valence-electron chi connectivity index (χ3n) is 4.50. The van der Waals surface area contributed by atoms with Crippen molar-refractivity contribution in [2.75, 3.05) is 26.1 Å². The van der Waals surface area contributed by atoms with E-state index >= 15 is 0 Å². The first kappa shape index (κ1) is 21.4. The molecule has 1 N–H and O–H groups in total. The molecule has 4 rings (SSSR count). The van der Waals surface area contributed by atoms with Crippen molar-refractivity contribution >= 4 is 22.4 Å². The number of ether oxygens (including phenoxy) is 3. The first-order chi connectivity index (χ1) is 15.5. The molecule has 0 fully saturated rings. The van der Waals surface area contributed by atoms with Gasteiger partial charge in [-0.2, -0.15) is 8.78 Å². The molecule has 0 spiro atoms. The van der Waals surface area contributed by atoms with Crippen molar-refractivity contribution in [1.82, 2.24) is 15.0 Å². The average molecular weight is 438 g/mol. The minimum Gasteiger partial charge on any atom is -0.497 e. The van der Waals surface area contributed by atoms with Crippen LogP contribution in [0.1, 0.15) is 0 Å². The van der Waals surface area contributed by atoms with Gasteiger partial charge in [0, 0.05) is 42.2 Å². The van der Waals surface area contributed by atoms with Crippen molar-refractivity contribution in [1.29, 1.82) is 0 Å². The van der Waals surface area contributed by atoms with Gasteiger partial charge < -0.3 is 19.5 Å². The largest absolute Gasteiger partial charge is 0.497 e. The van der Waals surface area contributed by atoms with E-state index in [2.05, 4.69) is 25.0 Å². The predicted octanol–water partition coefficient (Wildman–Crippen LogP) is 5.06. The van der Waals surface area contributed by atoms with Gasteiger partial charge in [-0.3, -0.25) is 4.98 Å². The van der Waals surface area contributed by atoms with Gasteiger partial charge in [0.05, 0.1) is 12.6 Å². The Labute approximate surface area is 183 Å². The van der Waals surface area contributed by atoms with E-state index in [0.717, 1.165) is 5.56 Å². The molecule has 2 aromatic heterocycles. The average Bonchev–Trinajstić information content (AvgIpc) is 2.79. The molecule has 0 saturated carbocycles. The van der Waals surface area contributed by atoms with Gasteiger partial charge in [0.25, 0.3) is 0 Å². The number of alkyl halides is 2. The highest BCUT2D eigenvalue weighted by atomic mass is 19.3. The highest BCUT2D eigenvalue weighted by Gasteiger charge is 2.31. The smallest absolute Gasteiger partial charge is 0.421 e. The van der Waals surface area contributed by atoms with Crippen LogP contribution in [-0.4, -0.2) is 41.9 Å². The summed E-state index contributed by atoms with van der Waals surface area (Å²) >= 11 is 0. The summed E-state index contributed by atoms with van der Waals surface area (Å²) in [7, 11) is 2.75. The van der Waals surface area contributed by atoms with E-state index in [9.17, 15) is 8.78 Å². The zero-order valence-corrected chi connectivity index (χ0v) is 17.4. The van der Waals surface area contributed by atoms with E-state index in [1.54, 1.807) is 49.8 Å². The molecule has 0 aliphatic heterocycles. The third kappa shape index (κ3) is 4.89. The third-order valence-corrected chi connectivity index (χ3v) is 4.50. The molecule has 0 radical (unpaired) electrons. The van der Waals surface area contributed by atoms with Crippen molar-refractivity contribution < 1.29 is 23.0 Å². The number of hydrogen-bond donors (Lipinski definition) is 1. The van der Waals surface area contributed by atoms with Crippen LogP contribution in [0.3, 0.4) is 0 Å². The van der Waals surface area contributed by atoms with Gasteiger partial charge >= 0.3 is 6.11 Å². The maximum atomic E-state index is 13.8. The minimum atomic E-state index is -3.45. The van der Waals surface area contributed by atoms with E-state index in [1.165, 1.54) is 19.2 Å². The van der Waals surface area contributed by atoms with Gasteiger partial charge in [0.1, 0.15) is 23.9 Å². The highest BCUT2D eigenvalue weighted by molar-refractivity contribution is 5.93. The molecule has 9 heteroatoms. The Morgan fingerprint density at radius 1 is 0.969 bits per heavy atom. The van der Waals surface area contributed by atoms with Crippen molar-refractivity contribution in [2.24, 2.45) is 0 Å². The zero-order valence-electron chi connectivity index (χ0n) is 17.4. The van der Waals surface area contributed by atoms with Crippen LogP contribution in [0.5, 0.6) is 11.5 Å². The molecule has 0 saturated heterocycles. The lowest BCUT2D eigenvalue weighted by molar-refractivity contribution is -0.206. The van der Waals surface area contributed by atoms with Crippen LogP contribution in [0.25, 0.3) is 22.3 Å². The molecule has 4 aromatic rings. The first-order valence-corrected chi connectivity index (χ1v) is 9.66. The minimum absolute atomic E-state index is 0.0134. The maximum Gasteiger partial charge on any atom is 0.421 e. The van der Waals surface area contributed by atoms with Crippen molar-refractivity contribution in [3.05, 3.63) is 67.0 Å². The normalized spacial score (nSPS) is 11.4. The van der Waals surface area contributed by atoms with Crippen molar-refractivity contribution in [3.8, 4) is 22.9 Å². The summed E-state index contributed by atoms with van der Waals surface area (Å²) in [6, 6.07) is 15.3. The lowest BCUT2D eigenvalue weighted by Gasteiger charge is -2.18. The van der Waals surface area contributed by atoms with Gasteiger partial charge in [-0.1, -0.05) is 6.07 Å². The standard InChI is InChI=1S/C23H20F2N4O3/c1-30-14-23(24,25)32-18-7-3-6-16(11-18)27-22-19-12-17(31-2)8-9-20(19)28-21(29-22)15-5-4-10-26-13-15/h3-13H,14H2,1-2H3,(H,27,28,29). The molecule has 0 aliphatic carbocycles. The first-order valence-electron chi connectivity index (χ1n) is 9.66. The summed E-state index contributed by atoms with van der Waals surface area (Å²) in [5, 5.41) is 3.89. The molecule has 164 valence electrons. The summed E-state index contributed by atoms with van der Waals surface area (Å²) in [4.78, 5) is 13.4. The number of pyridine rings is 1. The van der Waals surface area contributed by atoms with Crippen LogP contribution < -0.4 is 14.8 Å². The molecular weight excluding hydrogens is 418 g/mol. The maximum absolute atomic E-state index is 13.8. The number of hydrogen-bond acceptors (Lipinski definition) is 7. The Morgan fingerprint density at radius 3 is 2.59 bits per heavy atom. The molecule has 0 aliphatic rings. The lowest BCUT2D eigenvalue weighted by Crippen LogP contribution is -2.30. The van der Waals surface area contributed by atoms with E-state index in [0.29, 0.717) is 34.0 Å². The fraction of sp³-hybridized carbons (Fsp3) is 0.174. The van der Waals surface area contributed by atoms with Gasteiger partial charge in [0.2, 0.25) is 0 Å². The molecule has 0 atom stereocenters. The number of halogens is 2. The number of nitrogens with zero attached hydrogens (tertiary/aromatic N) is 3. The number of methoxy groups -OCH3 is 2. The number of anilines is 2. The van der Waals surface area contributed by atoms with E-state index in [1.807, 2.05) is 12.1 Å². The summed E-state index contributed by atoms with van der Waals surface area (Å²) in [5.74, 6) is 1.57. The summed E-state index contributed by atoms with van der Waals surface area (Å²) in [6.07, 6.45) is -0.115. The zero-order chi connectivity index (χ0) is 22.6. The number of nitrogens with one attached hydrogen (secondary N) is 1. The number of benzene rings is 2. The van der Waals surface area contributed by atoms with Crippen LogP contribution >= 0.6 is 0 Å². The molecule has 2 aromatic carbocycles. The number of aromatic nitrogens is 3. The Balaban J connectivity index is 1.74. The van der Waals surface area contributed by atoms with Gasteiger partial charge in [-0.25, -0.2) is 9.97 Å². The van der Waals surface area contributed by atoms with E-state index in [-0.39, 0.29) is 5.75 Å². The number of rotatable bonds is 8.